The number of hydrogen-bond donors (Lipinski definition) is 3. The van der Waals surface area contributed by atoms with Gasteiger partial charge in [0.15, 0.2) is 0 Å². The zero-order valence-corrected chi connectivity index (χ0v) is 12.6. The molecule has 0 atom stereocenters. The van der Waals surface area contributed by atoms with Crippen LogP contribution in [0.15, 0.2) is 6.20 Å². The summed E-state index contributed by atoms with van der Waals surface area (Å²) in [6.45, 7) is 7.26. The number of nitrogens with one attached hydrogen (secondary N) is 2. The van der Waals surface area contributed by atoms with Gasteiger partial charge in [0.2, 0.25) is 0 Å². The van der Waals surface area contributed by atoms with Crippen LogP contribution in [0.5, 0.6) is 0 Å². The van der Waals surface area contributed by atoms with Crippen LogP contribution in [0.3, 0.4) is 0 Å². The van der Waals surface area contributed by atoms with Crippen molar-refractivity contribution in [2.45, 2.75) is 40.2 Å². The molecule has 108 valence electrons. The summed E-state index contributed by atoms with van der Waals surface area (Å²) in [5.41, 5.74) is -0.0728. The minimum atomic E-state index is -0.172. The summed E-state index contributed by atoms with van der Waals surface area (Å²) in [5.74, 6) is 0. The summed E-state index contributed by atoms with van der Waals surface area (Å²) in [6, 6.07) is -0.172. The number of thiazole rings is 1. The number of amides is 2. The molecule has 0 saturated heterocycles. The second kappa shape index (κ2) is 7.45. The molecule has 1 heterocycles. The van der Waals surface area contributed by atoms with Gasteiger partial charge in [0.1, 0.15) is 5.01 Å². The van der Waals surface area contributed by atoms with Gasteiger partial charge < -0.3 is 15.7 Å². The third-order valence-electron chi connectivity index (χ3n) is 2.81. The van der Waals surface area contributed by atoms with Crippen LogP contribution >= 0.6 is 11.3 Å². The van der Waals surface area contributed by atoms with Crippen molar-refractivity contribution in [2.24, 2.45) is 5.41 Å². The fourth-order valence-electron chi connectivity index (χ4n) is 1.55. The molecule has 0 aromatic carbocycles. The lowest BCUT2D eigenvalue weighted by molar-refractivity contribution is 0.148. The first-order chi connectivity index (χ1) is 8.93. The van der Waals surface area contributed by atoms with Crippen molar-refractivity contribution in [1.82, 2.24) is 15.6 Å². The van der Waals surface area contributed by atoms with Crippen LogP contribution < -0.4 is 10.6 Å². The Morgan fingerprint density at radius 3 is 2.79 bits per heavy atom. The summed E-state index contributed by atoms with van der Waals surface area (Å²) in [6.07, 6.45) is 3.54. The van der Waals surface area contributed by atoms with Crippen LogP contribution in [-0.2, 0) is 6.54 Å². The molecule has 19 heavy (non-hydrogen) atoms. The predicted octanol–water partition coefficient (Wildman–Crippen LogP) is 2.05. The van der Waals surface area contributed by atoms with E-state index in [4.69, 9.17) is 5.11 Å². The van der Waals surface area contributed by atoms with Gasteiger partial charge in [-0.05, 0) is 25.2 Å². The number of urea groups is 1. The van der Waals surface area contributed by atoms with E-state index in [0.29, 0.717) is 13.1 Å². The van der Waals surface area contributed by atoms with E-state index in [1.807, 2.05) is 20.8 Å². The molecule has 0 saturated carbocycles. The Bertz CT molecular complexity index is 404. The molecule has 1 rings (SSSR count). The van der Waals surface area contributed by atoms with Crippen molar-refractivity contribution in [3.05, 3.63) is 16.1 Å². The van der Waals surface area contributed by atoms with E-state index < -0.39 is 0 Å². The molecular weight excluding hydrogens is 262 g/mol. The Morgan fingerprint density at radius 2 is 2.21 bits per heavy atom. The highest BCUT2D eigenvalue weighted by molar-refractivity contribution is 7.11. The number of nitrogens with zero attached hydrogens (tertiary/aromatic N) is 1. The smallest absolute Gasteiger partial charge is 0.315 e. The zero-order valence-electron chi connectivity index (χ0n) is 11.8. The summed E-state index contributed by atoms with van der Waals surface area (Å²) < 4.78 is 0. The van der Waals surface area contributed by atoms with E-state index in [1.165, 1.54) is 0 Å². The van der Waals surface area contributed by atoms with E-state index in [2.05, 4.69) is 15.6 Å². The zero-order chi connectivity index (χ0) is 14.3. The highest BCUT2D eigenvalue weighted by atomic mass is 32.1. The summed E-state index contributed by atoms with van der Waals surface area (Å²) in [7, 11) is 0. The maximum absolute atomic E-state index is 11.5. The molecule has 0 aliphatic carbocycles. The molecule has 2 amide bonds. The lowest BCUT2D eigenvalue weighted by Gasteiger charge is -2.21. The molecule has 0 bridgehead atoms. The van der Waals surface area contributed by atoms with Crippen LogP contribution in [0.25, 0.3) is 0 Å². The Morgan fingerprint density at radius 1 is 1.47 bits per heavy atom. The van der Waals surface area contributed by atoms with Gasteiger partial charge >= 0.3 is 6.03 Å². The van der Waals surface area contributed by atoms with E-state index >= 15 is 0 Å². The minimum Gasteiger partial charge on any atom is -0.396 e. The predicted molar refractivity (Wildman–Crippen MR) is 77.2 cm³/mol. The molecule has 0 aliphatic rings. The molecule has 3 N–H and O–H groups in total. The average molecular weight is 285 g/mol. The number of carbonyl (C=O) groups excluding carboxylic acids is 1. The number of aryl methyl sites for hydroxylation is 1. The lowest BCUT2D eigenvalue weighted by Crippen LogP contribution is -2.36. The fraction of sp³-hybridized carbons (Fsp3) is 0.692. The van der Waals surface area contributed by atoms with Crippen LogP contribution in [-0.4, -0.2) is 29.3 Å². The molecule has 6 heteroatoms. The van der Waals surface area contributed by atoms with E-state index in [0.717, 1.165) is 22.7 Å². The van der Waals surface area contributed by atoms with Gasteiger partial charge in [0, 0.05) is 24.2 Å². The van der Waals surface area contributed by atoms with E-state index in [-0.39, 0.29) is 18.1 Å². The molecule has 0 aliphatic heterocycles. The van der Waals surface area contributed by atoms with Crippen molar-refractivity contribution in [3.8, 4) is 0 Å². The lowest BCUT2D eigenvalue weighted by atomic mass is 9.89. The molecule has 0 radical (unpaired) electrons. The number of aromatic nitrogens is 1. The standard InChI is InChI=1S/C13H23N3O2S/c1-10-7-15-11(19-10)8-16-12(18)14-6-4-5-13(2,3)9-17/h7,17H,4-6,8-9H2,1-3H3,(H2,14,16,18). The molecule has 5 nitrogen and oxygen atoms in total. The van der Waals surface area contributed by atoms with Crippen LogP contribution in [0.2, 0.25) is 0 Å². The SMILES string of the molecule is Cc1cnc(CNC(=O)NCCCC(C)(C)CO)s1. The molecule has 0 unspecified atom stereocenters. The molecule has 1 aromatic heterocycles. The molecular formula is C13H23N3O2S. The van der Waals surface area contributed by atoms with Gasteiger partial charge in [-0.3, -0.25) is 0 Å². The number of rotatable bonds is 7. The first-order valence-electron chi connectivity index (χ1n) is 6.47. The molecule has 0 fully saturated rings. The first kappa shape index (κ1) is 15.9. The topological polar surface area (TPSA) is 74.2 Å². The van der Waals surface area contributed by atoms with Gasteiger partial charge in [-0.15, -0.1) is 11.3 Å². The van der Waals surface area contributed by atoms with Crippen molar-refractivity contribution in [2.75, 3.05) is 13.2 Å². The second-order valence-electron chi connectivity index (χ2n) is 5.40. The Kier molecular flexibility index (Phi) is 6.24. The fourth-order valence-corrected chi connectivity index (χ4v) is 2.28. The second-order valence-corrected chi connectivity index (χ2v) is 6.72. The highest BCUT2D eigenvalue weighted by Gasteiger charge is 2.15. The minimum absolute atomic E-state index is 0.0728. The monoisotopic (exact) mass is 285 g/mol. The van der Waals surface area contributed by atoms with Crippen molar-refractivity contribution in [3.63, 3.8) is 0 Å². The number of hydrogen-bond acceptors (Lipinski definition) is 4. The van der Waals surface area contributed by atoms with E-state index in [1.54, 1.807) is 17.5 Å². The average Bonchev–Trinajstić information content (AvgIpc) is 2.78. The van der Waals surface area contributed by atoms with Crippen molar-refractivity contribution < 1.29 is 9.90 Å². The summed E-state index contributed by atoms with van der Waals surface area (Å²) in [4.78, 5) is 16.8. The van der Waals surface area contributed by atoms with Crippen molar-refractivity contribution >= 4 is 17.4 Å². The van der Waals surface area contributed by atoms with Crippen LogP contribution in [0, 0.1) is 12.3 Å². The first-order valence-corrected chi connectivity index (χ1v) is 7.28. The van der Waals surface area contributed by atoms with Gasteiger partial charge in [-0.25, -0.2) is 9.78 Å². The van der Waals surface area contributed by atoms with Crippen LogP contribution in [0.1, 0.15) is 36.6 Å². The highest BCUT2D eigenvalue weighted by Crippen LogP contribution is 2.20. The largest absolute Gasteiger partial charge is 0.396 e. The van der Waals surface area contributed by atoms with E-state index in [9.17, 15) is 4.79 Å². The third kappa shape index (κ3) is 6.54. The van der Waals surface area contributed by atoms with Gasteiger partial charge in [-0.2, -0.15) is 0 Å². The Labute approximate surface area is 118 Å². The van der Waals surface area contributed by atoms with Crippen molar-refractivity contribution in [1.29, 1.82) is 0 Å². The molecule has 1 aromatic rings. The number of carbonyl (C=O) groups is 1. The third-order valence-corrected chi connectivity index (χ3v) is 3.73. The van der Waals surface area contributed by atoms with Gasteiger partial charge in [0.25, 0.3) is 0 Å². The van der Waals surface area contributed by atoms with Gasteiger partial charge in [0.05, 0.1) is 6.54 Å². The maximum Gasteiger partial charge on any atom is 0.315 e. The molecule has 0 spiro atoms. The quantitative estimate of drug-likeness (QED) is 0.671. The number of aliphatic hydroxyl groups is 1. The Balaban J connectivity index is 2.11. The summed E-state index contributed by atoms with van der Waals surface area (Å²) in [5, 5.41) is 15.6. The Hall–Kier alpha value is -1.14. The maximum atomic E-state index is 11.5. The van der Waals surface area contributed by atoms with Crippen LogP contribution in [0.4, 0.5) is 4.79 Å². The normalized spacial score (nSPS) is 11.4. The number of aliphatic hydroxyl groups excluding tert-OH is 1. The summed E-state index contributed by atoms with van der Waals surface area (Å²) >= 11 is 1.58. The van der Waals surface area contributed by atoms with Gasteiger partial charge in [-0.1, -0.05) is 13.8 Å².